The Labute approximate surface area is 170 Å². The summed E-state index contributed by atoms with van der Waals surface area (Å²) >= 11 is 0. The van der Waals surface area contributed by atoms with Crippen molar-refractivity contribution in [3.8, 4) is 11.8 Å². The summed E-state index contributed by atoms with van der Waals surface area (Å²) in [5.41, 5.74) is -1.39. The predicted molar refractivity (Wildman–Crippen MR) is 114 cm³/mol. The molecule has 2 unspecified atom stereocenters. The lowest BCUT2D eigenvalue weighted by Crippen LogP contribution is -2.47. The summed E-state index contributed by atoms with van der Waals surface area (Å²) in [6.45, 7) is 15.0. The molecule has 156 valence electrons. The van der Waals surface area contributed by atoms with Gasteiger partial charge < -0.3 is 14.3 Å². The van der Waals surface area contributed by atoms with E-state index in [-0.39, 0.29) is 17.5 Å². The molecular weight excluding hydrogens is 371 g/mol. The maximum atomic E-state index is 13.8. The van der Waals surface area contributed by atoms with E-state index in [9.17, 15) is 9.50 Å². The van der Waals surface area contributed by atoms with Gasteiger partial charge in [-0.3, -0.25) is 0 Å². The minimum Gasteiger partial charge on any atom is -0.401 e. The molecule has 1 aliphatic carbocycles. The van der Waals surface area contributed by atoms with E-state index >= 15 is 0 Å². The highest BCUT2D eigenvalue weighted by Gasteiger charge is 2.43. The first-order valence-electron chi connectivity index (χ1n) is 10.1. The molecule has 1 fully saturated rings. The van der Waals surface area contributed by atoms with Gasteiger partial charge in [-0.05, 0) is 57.3 Å². The first kappa shape index (κ1) is 23.1. The molecule has 1 N–H and O–H groups in total. The van der Waals surface area contributed by atoms with Gasteiger partial charge in [0.2, 0.25) is 0 Å². The van der Waals surface area contributed by atoms with E-state index in [1.165, 1.54) is 6.07 Å². The van der Waals surface area contributed by atoms with Crippen molar-refractivity contribution in [3.63, 3.8) is 0 Å². The summed E-state index contributed by atoms with van der Waals surface area (Å²) in [5, 5.41) is 11.2. The minimum atomic E-state index is -1.98. The molecule has 1 aromatic carbocycles. The Morgan fingerprint density at radius 2 is 1.86 bits per heavy atom. The fourth-order valence-electron chi connectivity index (χ4n) is 3.20. The highest BCUT2D eigenvalue weighted by molar-refractivity contribution is 6.74. The predicted octanol–water partition coefficient (Wildman–Crippen LogP) is 5.43. The monoisotopic (exact) mass is 406 g/mol. The second kappa shape index (κ2) is 8.28. The lowest BCUT2D eigenvalue weighted by atomic mass is 9.98. The molecule has 3 nitrogen and oxygen atoms in total. The summed E-state index contributed by atoms with van der Waals surface area (Å²) in [5.74, 6) is 5.93. The first-order valence-corrected chi connectivity index (χ1v) is 13.0. The second-order valence-electron chi connectivity index (χ2n) is 9.83. The average Bonchev–Trinajstić information content (AvgIpc) is 2.92. The molecule has 0 spiro atoms. The van der Waals surface area contributed by atoms with Gasteiger partial charge in [0.15, 0.2) is 13.9 Å². The van der Waals surface area contributed by atoms with Gasteiger partial charge in [-0.15, -0.1) is 0 Å². The SMILES string of the molecule is CC(C)(C#CC1(O)CCCC1OCc1ccccc1F)O[Si](C)(C)C(C)(C)C. The van der Waals surface area contributed by atoms with Crippen LogP contribution in [0.1, 0.15) is 59.4 Å². The van der Waals surface area contributed by atoms with Crippen molar-refractivity contribution in [2.24, 2.45) is 0 Å². The third-order valence-electron chi connectivity index (χ3n) is 5.85. The summed E-state index contributed by atoms with van der Waals surface area (Å²) in [7, 11) is -1.98. The second-order valence-corrected chi connectivity index (χ2v) is 14.6. The van der Waals surface area contributed by atoms with Crippen LogP contribution < -0.4 is 0 Å². The van der Waals surface area contributed by atoms with Gasteiger partial charge in [0.25, 0.3) is 0 Å². The van der Waals surface area contributed by atoms with Crippen LogP contribution in [-0.4, -0.2) is 30.7 Å². The van der Waals surface area contributed by atoms with Crippen LogP contribution in [0.15, 0.2) is 24.3 Å². The number of aliphatic hydroxyl groups is 1. The van der Waals surface area contributed by atoms with Crippen LogP contribution in [0, 0.1) is 17.7 Å². The maximum absolute atomic E-state index is 13.8. The van der Waals surface area contributed by atoms with Crippen molar-refractivity contribution in [1.29, 1.82) is 0 Å². The van der Waals surface area contributed by atoms with Gasteiger partial charge in [0, 0.05) is 5.56 Å². The molecule has 1 aliphatic rings. The zero-order valence-corrected chi connectivity index (χ0v) is 19.4. The number of benzene rings is 1. The number of halogens is 1. The fourth-order valence-corrected chi connectivity index (χ4v) is 4.83. The van der Waals surface area contributed by atoms with E-state index < -0.39 is 25.6 Å². The van der Waals surface area contributed by atoms with E-state index in [0.29, 0.717) is 18.4 Å². The number of ether oxygens (including phenoxy) is 1. The maximum Gasteiger partial charge on any atom is 0.194 e. The van der Waals surface area contributed by atoms with Gasteiger partial charge in [-0.2, -0.15) is 0 Å². The summed E-state index contributed by atoms with van der Waals surface area (Å²) in [6.07, 6.45) is 1.67. The van der Waals surface area contributed by atoms with Crippen LogP contribution in [0.4, 0.5) is 4.39 Å². The zero-order chi connectivity index (χ0) is 21.2. The van der Waals surface area contributed by atoms with E-state index in [1.807, 2.05) is 13.8 Å². The molecule has 0 bridgehead atoms. The van der Waals surface area contributed by atoms with Crippen LogP contribution >= 0.6 is 0 Å². The molecule has 0 saturated heterocycles. The largest absolute Gasteiger partial charge is 0.401 e. The molecule has 1 saturated carbocycles. The van der Waals surface area contributed by atoms with Crippen molar-refractivity contribution >= 4 is 8.32 Å². The number of hydrogen-bond donors (Lipinski definition) is 1. The van der Waals surface area contributed by atoms with Gasteiger partial charge in [-0.25, -0.2) is 4.39 Å². The average molecular weight is 407 g/mol. The molecule has 0 aromatic heterocycles. The van der Waals surface area contributed by atoms with Crippen LogP contribution in [0.25, 0.3) is 0 Å². The molecule has 0 heterocycles. The molecule has 0 amide bonds. The van der Waals surface area contributed by atoms with E-state index in [2.05, 4.69) is 45.7 Å². The lowest BCUT2D eigenvalue weighted by Gasteiger charge is -2.41. The Morgan fingerprint density at radius 1 is 1.21 bits per heavy atom. The van der Waals surface area contributed by atoms with Crippen LogP contribution in [-0.2, 0) is 15.8 Å². The van der Waals surface area contributed by atoms with Crippen molar-refractivity contribution in [2.45, 2.75) is 95.9 Å². The Bertz CT molecular complexity index is 742. The molecule has 2 atom stereocenters. The molecule has 5 heteroatoms. The molecule has 1 aromatic rings. The summed E-state index contributed by atoms with van der Waals surface area (Å²) in [4.78, 5) is 0. The lowest BCUT2D eigenvalue weighted by molar-refractivity contribution is -0.0641. The molecule has 2 rings (SSSR count). The quantitative estimate of drug-likeness (QED) is 0.523. The Hall–Kier alpha value is -1.19. The standard InChI is InChI=1S/C23H35FO3Si/c1-21(2,3)28(6,7)27-22(4,5)15-16-23(25)14-10-13-20(23)26-17-18-11-8-9-12-19(18)24/h8-9,11-12,20,25H,10,13-14,17H2,1-7H3. The minimum absolute atomic E-state index is 0.0849. The van der Waals surface area contributed by atoms with Crippen molar-refractivity contribution in [2.75, 3.05) is 0 Å². The van der Waals surface area contributed by atoms with E-state index in [4.69, 9.17) is 9.16 Å². The van der Waals surface area contributed by atoms with Crippen LogP contribution in [0.5, 0.6) is 0 Å². The molecule has 0 radical (unpaired) electrons. The Balaban J connectivity index is 2.10. The smallest absolute Gasteiger partial charge is 0.194 e. The Kier molecular flexibility index (Phi) is 6.82. The fraction of sp³-hybridized carbons (Fsp3) is 0.652. The van der Waals surface area contributed by atoms with Crippen molar-refractivity contribution in [3.05, 3.63) is 35.6 Å². The molecular formula is C23H35FO3Si. The first-order chi connectivity index (χ1) is 12.8. The van der Waals surface area contributed by atoms with Gasteiger partial charge in [0.05, 0.1) is 12.7 Å². The summed E-state index contributed by atoms with van der Waals surface area (Å²) in [6, 6.07) is 6.55. The van der Waals surface area contributed by atoms with Gasteiger partial charge in [0.1, 0.15) is 11.4 Å². The highest BCUT2D eigenvalue weighted by atomic mass is 28.4. The van der Waals surface area contributed by atoms with Crippen molar-refractivity contribution < 1.29 is 18.7 Å². The van der Waals surface area contributed by atoms with Crippen LogP contribution in [0.2, 0.25) is 18.1 Å². The van der Waals surface area contributed by atoms with E-state index in [1.54, 1.807) is 18.2 Å². The highest BCUT2D eigenvalue weighted by Crippen LogP contribution is 2.39. The zero-order valence-electron chi connectivity index (χ0n) is 18.4. The topological polar surface area (TPSA) is 38.7 Å². The third-order valence-corrected chi connectivity index (χ3v) is 10.5. The van der Waals surface area contributed by atoms with E-state index in [0.717, 1.165) is 6.42 Å². The normalized spacial score (nSPS) is 23.4. The molecule has 0 aliphatic heterocycles. The van der Waals surface area contributed by atoms with Gasteiger partial charge in [-0.1, -0.05) is 50.8 Å². The Morgan fingerprint density at radius 3 is 2.46 bits per heavy atom. The number of hydrogen-bond acceptors (Lipinski definition) is 3. The van der Waals surface area contributed by atoms with Crippen LogP contribution in [0.3, 0.4) is 0 Å². The van der Waals surface area contributed by atoms with Gasteiger partial charge >= 0.3 is 0 Å². The third kappa shape index (κ3) is 5.67. The van der Waals surface area contributed by atoms with Crippen molar-refractivity contribution in [1.82, 2.24) is 0 Å². The number of rotatable bonds is 5. The summed E-state index contributed by atoms with van der Waals surface area (Å²) < 4.78 is 26.2. The molecule has 28 heavy (non-hydrogen) atoms.